The summed E-state index contributed by atoms with van der Waals surface area (Å²) in [7, 11) is 0. The summed E-state index contributed by atoms with van der Waals surface area (Å²) >= 11 is 5.62. The van der Waals surface area contributed by atoms with Crippen LogP contribution in [0.5, 0.6) is 0 Å². The van der Waals surface area contributed by atoms with Gasteiger partial charge in [-0.25, -0.2) is 0 Å². The number of nitrogens with zero attached hydrogens (tertiary/aromatic N) is 1. The number of benzene rings is 1. The van der Waals surface area contributed by atoms with Crippen molar-refractivity contribution >= 4 is 44.4 Å². The third-order valence-electron chi connectivity index (χ3n) is 2.23. The van der Waals surface area contributed by atoms with Crippen molar-refractivity contribution in [2.24, 2.45) is 0 Å². The van der Waals surface area contributed by atoms with Crippen LogP contribution in [0.4, 0.5) is 0 Å². The molecule has 4 heteroatoms. The highest BCUT2D eigenvalue weighted by molar-refractivity contribution is 14.1. The first-order valence-electron chi connectivity index (χ1n) is 4.85. The van der Waals surface area contributed by atoms with E-state index in [1.165, 1.54) is 0 Å². The fraction of sp³-hybridized carbons (Fsp3) is 0.364. The zero-order valence-electron chi connectivity index (χ0n) is 8.76. The maximum Gasteiger partial charge on any atom is 0.254 e. The van der Waals surface area contributed by atoms with E-state index in [1.807, 2.05) is 36.9 Å². The number of carbonyl (C=O) groups is 1. The number of halogens is 2. The maximum atomic E-state index is 12.1. The van der Waals surface area contributed by atoms with Gasteiger partial charge < -0.3 is 4.90 Å². The molecule has 0 bridgehead atoms. The van der Waals surface area contributed by atoms with Crippen LogP contribution in [0, 0.1) is 3.57 Å². The molecule has 0 saturated carbocycles. The summed E-state index contributed by atoms with van der Waals surface area (Å²) in [6.45, 7) is 5.48. The van der Waals surface area contributed by atoms with E-state index in [9.17, 15) is 4.79 Å². The average Bonchev–Trinajstić information content (AvgIpc) is 2.23. The molecule has 82 valence electrons. The molecular formula is C11H13BrINO. The fourth-order valence-electron chi connectivity index (χ4n) is 1.35. The molecule has 1 aromatic rings. The van der Waals surface area contributed by atoms with Gasteiger partial charge in [0.05, 0.1) is 5.56 Å². The maximum absolute atomic E-state index is 12.1. The molecule has 15 heavy (non-hydrogen) atoms. The summed E-state index contributed by atoms with van der Waals surface area (Å²) < 4.78 is 1.95. The molecular weight excluding hydrogens is 369 g/mol. The zero-order valence-corrected chi connectivity index (χ0v) is 12.5. The van der Waals surface area contributed by atoms with Crippen LogP contribution in [0.25, 0.3) is 0 Å². The van der Waals surface area contributed by atoms with Gasteiger partial charge in [-0.3, -0.25) is 4.79 Å². The summed E-state index contributed by atoms with van der Waals surface area (Å²) in [6.07, 6.45) is 0. The van der Waals surface area contributed by atoms with Crippen molar-refractivity contribution in [1.29, 1.82) is 0 Å². The molecule has 0 aliphatic heterocycles. The number of carbonyl (C=O) groups excluding carboxylic acids is 1. The molecule has 0 radical (unpaired) electrons. The van der Waals surface area contributed by atoms with Crippen LogP contribution < -0.4 is 0 Å². The third-order valence-corrected chi connectivity index (χ3v) is 4.80. The van der Waals surface area contributed by atoms with Crippen molar-refractivity contribution in [3.8, 4) is 0 Å². The van der Waals surface area contributed by atoms with Gasteiger partial charge in [-0.1, -0.05) is 6.07 Å². The average molecular weight is 382 g/mol. The lowest BCUT2D eigenvalue weighted by Crippen LogP contribution is -2.31. The summed E-state index contributed by atoms with van der Waals surface area (Å²) in [5.41, 5.74) is 0.772. The highest BCUT2D eigenvalue weighted by Gasteiger charge is 2.16. The second-order valence-corrected chi connectivity index (χ2v) is 5.01. The Morgan fingerprint density at radius 3 is 2.53 bits per heavy atom. The number of rotatable bonds is 3. The number of hydrogen-bond donors (Lipinski definition) is 0. The van der Waals surface area contributed by atoms with E-state index < -0.39 is 0 Å². The quantitative estimate of drug-likeness (QED) is 0.733. The van der Waals surface area contributed by atoms with E-state index in [1.54, 1.807) is 0 Å². The van der Waals surface area contributed by atoms with Crippen LogP contribution in [-0.4, -0.2) is 23.9 Å². The third kappa shape index (κ3) is 2.93. The second kappa shape index (κ2) is 5.84. The van der Waals surface area contributed by atoms with Crippen molar-refractivity contribution in [1.82, 2.24) is 4.90 Å². The molecule has 0 unspecified atom stereocenters. The van der Waals surface area contributed by atoms with E-state index in [2.05, 4.69) is 38.5 Å². The van der Waals surface area contributed by atoms with Gasteiger partial charge in [0.1, 0.15) is 0 Å². The Morgan fingerprint density at radius 2 is 2.00 bits per heavy atom. The minimum atomic E-state index is 0.103. The minimum absolute atomic E-state index is 0.103. The van der Waals surface area contributed by atoms with Gasteiger partial charge in [-0.2, -0.15) is 0 Å². The van der Waals surface area contributed by atoms with Crippen LogP contribution in [0.3, 0.4) is 0 Å². The van der Waals surface area contributed by atoms with Crippen molar-refractivity contribution in [3.05, 3.63) is 31.8 Å². The summed E-state index contributed by atoms with van der Waals surface area (Å²) in [6, 6.07) is 5.71. The van der Waals surface area contributed by atoms with Crippen LogP contribution in [0.15, 0.2) is 22.7 Å². The molecule has 0 heterocycles. The standard InChI is InChI=1S/C11H13BrINO/c1-3-14(4-2)11(15)8-6-5-7-9(12)10(8)13/h5-7H,3-4H2,1-2H3. The molecule has 2 nitrogen and oxygen atoms in total. The van der Waals surface area contributed by atoms with Crippen LogP contribution in [0.1, 0.15) is 24.2 Å². The molecule has 1 amide bonds. The Morgan fingerprint density at radius 1 is 1.40 bits per heavy atom. The lowest BCUT2D eigenvalue weighted by atomic mass is 10.2. The first-order valence-corrected chi connectivity index (χ1v) is 6.72. The van der Waals surface area contributed by atoms with Crippen molar-refractivity contribution < 1.29 is 4.79 Å². The van der Waals surface area contributed by atoms with Gasteiger partial charge >= 0.3 is 0 Å². The van der Waals surface area contributed by atoms with Gasteiger partial charge in [0.2, 0.25) is 0 Å². The predicted octanol–water partition coefficient (Wildman–Crippen LogP) is 3.54. The Balaban J connectivity index is 3.05. The zero-order chi connectivity index (χ0) is 11.4. The minimum Gasteiger partial charge on any atom is -0.339 e. The second-order valence-electron chi connectivity index (χ2n) is 3.08. The Bertz CT molecular complexity index is 364. The predicted molar refractivity (Wildman–Crippen MR) is 74.1 cm³/mol. The van der Waals surface area contributed by atoms with Gasteiger partial charge in [0, 0.05) is 21.1 Å². The summed E-state index contributed by atoms with van der Waals surface area (Å²) in [5, 5.41) is 0. The van der Waals surface area contributed by atoms with Crippen molar-refractivity contribution in [2.75, 3.05) is 13.1 Å². The molecule has 1 rings (SSSR count). The lowest BCUT2D eigenvalue weighted by molar-refractivity contribution is 0.0772. The smallest absolute Gasteiger partial charge is 0.254 e. The number of hydrogen-bond acceptors (Lipinski definition) is 1. The van der Waals surface area contributed by atoms with Crippen molar-refractivity contribution in [3.63, 3.8) is 0 Å². The van der Waals surface area contributed by atoms with Gasteiger partial charge in [-0.15, -0.1) is 0 Å². The lowest BCUT2D eigenvalue weighted by Gasteiger charge is -2.19. The molecule has 0 spiro atoms. The van der Waals surface area contributed by atoms with Gasteiger partial charge in [-0.05, 0) is 64.5 Å². The molecule has 0 fully saturated rings. The Hall–Kier alpha value is -0.100. The highest BCUT2D eigenvalue weighted by atomic mass is 127. The van der Waals surface area contributed by atoms with Gasteiger partial charge in [0.25, 0.3) is 5.91 Å². The molecule has 0 aliphatic carbocycles. The molecule has 0 N–H and O–H groups in total. The van der Waals surface area contributed by atoms with Crippen LogP contribution in [0.2, 0.25) is 0 Å². The topological polar surface area (TPSA) is 20.3 Å². The van der Waals surface area contributed by atoms with E-state index in [4.69, 9.17) is 0 Å². The monoisotopic (exact) mass is 381 g/mol. The first kappa shape index (κ1) is 13.0. The van der Waals surface area contributed by atoms with E-state index >= 15 is 0 Å². The van der Waals surface area contributed by atoms with Gasteiger partial charge in [0.15, 0.2) is 0 Å². The van der Waals surface area contributed by atoms with E-state index in [0.29, 0.717) is 0 Å². The number of amides is 1. The fourth-order valence-corrected chi connectivity index (χ4v) is 2.31. The SMILES string of the molecule is CCN(CC)C(=O)c1cccc(Br)c1I. The van der Waals surface area contributed by atoms with E-state index in [0.717, 1.165) is 26.7 Å². The normalized spacial score (nSPS) is 10.1. The van der Waals surface area contributed by atoms with Crippen LogP contribution >= 0.6 is 38.5 Å². The summed E-state index contributed by atoms with van der Waals surface area (Å²) in [5.74, 6) is 0.103. The van der Waals surface area contributed by atoms with E-state index in [-0.39, 0.29) is 5.91 Å². The Labute approximate surface area is 112 Å². The first-order chi connectivity index (χ1) is 7.11. The largest absolute Gasteiger partial charge is 0.339 e. The van der Waals surface area contributed by atoms with Crippen LogP contribution in [-0.2, 0) is 0 Å². The molecule has 0 atom stereocenters. The van der Waals surface area contributed by atoms with Crippen molar-refractivity contribution in [2.45, 2.75) is 13.8 Å². The molecule has 0 saturated heterocycles. The Kier molecular flexibility index (Phi) is 5.05. The molecule has 1 aromatic carbocycles. The summed E-state index contributed by atoms with van der Waals surface area (Å²) in [4.78, 5) is 13.9. The molecule has 0 aromatic heterocycles. The molecule has 0 aliphatic rings. The highest BCUT2D eigenvalue weighted by Crippen LogP contribution is 2.23.